The first-order valence-corrected chi connectivity index (χ1v) is 6.59. The minimum Gasteiger partial charge on any atom is -0.370 e. The molecule has 0 fully saturated rings. The highest BCUT2D eigenvalue weighted by Crippen LogP contribution is 2.19. The van der Waals surface area contributed by atoms with E-state index in [9.17, 15) is 4.79 Å². The number of carbonyl (C=O) groups excluding carboxylic acids is 1. The van der Waals surface area contributed by atoms with E-state index in [1.54, 1.807) is 13.1 Å². The van der Waals surface area contributed by atoms with Crippen LogP contribution in [0.3, 0.4) is 0 Å². The van der Waals surface area contributed by atoms with Crippen LogP contribution in [0.4, 0.5) is 5.82 Å². The molecule has 17 heavy (non-hydrogen) atoms. The summed E-state index contributed by atoms with van der Waals surface area (Å²) >= 11 is 1.32. The summed E-state index contributed by atoms with van der Waals surface area (Å²) in [4.78, 5) is 15.0. The van der Waals surface area contributed by atoms with Crippen molar-refractivity contribution < 1.29 is 4.79 Å². The number of fused-ring (bicyclic) bond motifs is 1. The Morgan fingerprint density at radius 1 is 1.65 bits per heavy atom. The number of aromatic nitrogens is 1. The maximum Gasteiger partial charge on any atom is 0.185 e. The SMILES string of the molecule is CC(=O)SCCC#Cc1cnc2c(c1)CCN2. The Bertz CT molecular complexity index is 488. The average molecular weight is 246 g/mol. The highest BCUT2D eigenvalue weighted by molar-refractivity contribution is 8.13. The maximum absolute atomic E-state index is 10.7. The van der Waals surface area contributed by atoms with Crippen LogP contribution in [0.1, 0.15) is 24.5 Å². The van der Waals surface area contributed by atoms with Gasteiger partial charge in [-0.15, -0.1) is 0 Å². The van der Waals surface area contributed by atoms with Crippen molar-refractivity contribution >= 4 is 22.7 Å². The van der Waals surface area contributed by atoms with E-state index in [1.807, 2.05) is 0 Å². The number of nitrogens with one attached hydrogen (secondary N) is 1. The first kappa shape index (κ1) is 12.0. The van der Waals surface area contributed by atoms with Crippen molar-refractivity contribution in [1.29, 1.82) is 0 Å². The monoisotopic (exact) mass is 246 g/mol. The van der Waals surface area contributed by atoms with Gasteiger partial charge in [0, 0.05) is 37.4 Å². The van der Waals surface area contributed by atoms with Gasteiger partial charge in [0.05, 0.1) is 0 Å². The van der Waals surface area contributed by atoms with Crippen LogP contribution in [0.5, 0.6) is 0 Å². The number of nitrogens with zero attached hydrogens (tertiary/aromatic N) is 1. The molecule has 1 N–H and O–H groups in total. The van der Waals surface area contributed by atoms with Gasteiger partial charge in [-0.2, -0.15) is 0 Å². The molecule has 0 bridgehead atoms. The third kappa shape index (κ3) is 3.50. The smallest absolute Gasteiger partial charge is 0.185 e. The first-order chi connectivity index (χ1) is 8.25. The van der Waals surface area contributed by atoms with Crippen molar-refractivity contribution in [2.45, 2.75) is 19.8 Å². The zero-order valence-corrected chi connectivity index (χ0v) is 10.6. The molecule has 0 aromatic carbocycles. The van der Waals surface area contributed by atoms with E-state index in [0.29, 0.717) is 0 Å². The molecule has 1 aliphatic rings. The Morgan fingerprint density at radius 2 is 2.53 bits per heavy atom. The first-order valence-electron chi connectivity index (χ1n) is 5.61. The minimum atomic E-state index is 0.150. The summed E-state index contributed by atoms with van der Waals surface area (Å²) in [5, 5.41) is 3.37. The lowest BCUT2D eigenvalue weighted by Crippen LogP contribution is -1.92. The van der Waals surface area contributed by atoms with Gasteiger partial charge < -0.3 is 5.32 Å². The van der Waals surface area contributed by atoms with E-state index in [0.717, 1.165) is 36.5 Å². The number of thioether (sulfide) groups is 1. The van der Waals surface area contributed by atoms with Crippen molar-refractivity contribution in [3.63, 3.8) is 0 Å². The summed E-state index contributed by atoms with van der Waals surface area (Å²) in [6.07, 6.45) is 3.56. The summed E-state index contributed by atoms with van der Waals surface area (Å²) in [5.41, 5.74) is 2.20. The lowest BCUT2D eigenvalue weighted by molar-refractivity contribution is -0.109. The van der Waals surface area contributed by atoms with E-state index in [1.165, 1.54) is 17.3 Å². The summed E-state index contributed by atoms with van der Waals surface area (Å²) in [6.45, 7) is 2.55. The van der Waals surface area contributed by atoms with Crippen LogP contribution in [0.15, 0.2) is 12.3 Å². The highest BCUT2D eigenvalue weighted by Gasteiger charge is 2.10. The zero-order valence-electron chi connectivity index (χ0n) is 9.75. The zero-order chi connectivity index (χ0) is 12.1. The second-order valence-electron chi connectivity index (χ2n) is 3.80. The molecule has 0 saturated heterocycles. The van der Waals surface area contributed by atoms with Crippen LogP contribution in [-0.2, 0) is 11.2 Å². The van der Waals surface area contributed by atoms with Gasteiger partial charge in [0.2, 0.25) is 0 Å². The van der Waals surface area contributed by atoms with Crippen molar-refractivity contribution in [3.8, 4) is 11.8 Å². The lowest BCUT2D eigenvalue weighted by atomic mass is 10.2. The van der Waals surface area contributed by atoms with Gasteiger partial charge >= 0.3 is 0 Å². The van der Waals surface area contributed by atoms with Gasteiger partial charge in [0.1, 0.15) is 5.82 Å². The Kier molecular flexibility index (Phi) is 4.05. The number of rotatable bonds is 2. The Morgan fingerprint density at radius 3 is 3.35 bits per heavy atom. The maximum atomic E-state index is 10.7. The number of pyridine rings is 1. The predicted octanol–water partition coefficient (Wildman–Crippen LogP) is 2.07. The van der Waals surface area contributed by atoms with E-state index < -0.39 is 0 Å². The molecule has 0 radical (unpaired) electrons. The molecule has 3 nitrogen and oxygen atoms in total. The van der Waals surface area contributed by atoms with Crippen LogP contribution in [0, 0.1) is 11.8 Å². The Labute approximate surface area is 105 Å². The molecule has 0 aliphatic carbocycles. The molecule has 0 unspecified atom stereocenters. The Hall–Kier alpha value is -1.47. The fraction of sp³-hybridized carbons (Fsp3) is 0.385. The predicted molar refractivity (Wildman–Crippen MR) is 71.1 cm³/mol. The summed E-state index contributed by atoms with van der Waals surface area (Å²) in [7, 11) is 0. The molecule has 4 heteroatoms. The standard InChI is InChI=1S/C13H14N2OS/c1-10(16)17-7-3-2-4-11-8-12-5-6-14-13(12)15-9-11/h8-9H,3,5-7H2,1H3,(H,14,15). The molecule has 1 aromatic heterocycles. The largest absolute Gasteiger partial charge is 0.370 e. The molecule has 0 atom stereocenters. The molecular weight excluding hydrogens is 232 g/mol. The van der Waals surface area contributed by atoms with E-state index in [-0.39, 0.29) is 5.12 Å². The lowest BCUT2D eigenvalue weighted by Gasteiger charge is -1.97. The molecule has 0 spiro atoms. The topological polar surface area (TPSA) is 42.0 Å². The van der Waals surface area contributed by atoms with Crippen molar-refractivity contribution in [3.05, 3.63) is 23.4 Å². The minimum absolute atomic E-state index is 0.150. The normalized spacial score (nSPS) is 12.3. The van der Waals surface area contributed by atoms with E-state index in [2.05, 4.69) is 28.2 Å². The van der Waals surface area contributed by atoms with Crippen LogP contribution in [-0.4, -0.2) is 22.4 Å². The van der Waals surface area contributed by atoms with Gasteiger partial charge in [0.15, 0.2) is 5.12 Å². The van der Waals surface area contributed by atoms with Crippen molar-refractivity contribution in [1.82, 2.24) is 4.98 Å². The van der Waals surface area contributed by atoms with Crippen LogP contribution >= 0.6 is 11.8 Å². The van der Waals surface area contributed by atoms with Gasteiger partial charge in [-0.1, -0.05) is 23.6 Å². The molecule has 88 valence electrons. The van der Waals surface area contributed by atoms with E-state index >= 15 is 0 Å². The van der Waals surface area contributed by atoms with Crippen molar-refractivity contribution in [2.75, 3.05) is 17.6 Å². The number of hydrogen-bond donors (Lipinski definition) is 1. The van der Waals surface area contributed by atoms with Gasteiger partial charge in [-0.05, 0) is 18.1 Å². The second kappa shape index (κ2) is 5.74. The third-order valence-corrected chi connectivity index (χ3v) is 3.23. The third-order valence-electron chi connectivity index (χ3n) is 2.42. The average Bonchev–Trinajstić information content (AvgIpc) is 2.75. The number of hydrogen-bond acceptors (Lipinski definition) is 4. The fourth-order valence-electron chi connectivity index (χ4n) is 1.65. The van der Waals surface area contributed by atoms with Gasteiger partial charge in [-0.25, -0.2) is 4.98 Å². The molecule has 0 amide bonds. The Balaban J connectivity index is 1.91. The van der Waals surface area contributed by atoms with Gasteiger partial charge in [0.25, 0.3) is 0 Å². The van der Waals surface area contributed by atoms with E-state index in [4.69, 9.17) is 0 Å². The summed E-state index contributed by atoms with van der Waals surface area (Å²) in [5.74, 6) is 7.90. The van der Waals surface area contributed by atoms with Crippen LogP contribution < -0.4 is 5.32 Å². The summed E-state index contributed by atoms with van der Waals surface area (Å²) in [6, 6.07) is 2.09. The van der Waals surface area contributed by atoms with Crippen LogP contribution in [0.2, 0.25) is 0 Å². The fourth-order valence-corrected chi connectivity index (χ4v) is 2.15. The number of anilines is 1. The van der Waals surface area contributed by atoms with Crippen molar-refractivity contribution in [2.24, 2.45) is 0 Å². The van der Waals surface area contributed by atoms with Gasteiger partial charge in [-0.3, -0.25) is 4.79 Å². The molecule has 2 heterocycles. The molecule has 0 saturated carbocycles. The molecule has 2 rings (SSSR count). The summed E-state index contributed by atoms with van der Waals surface area (Å²) < 4.78 is 0. The highest BCUT2D eigenvalue weighted by atomic mass is 32.2. The number of carbonyl (C=O) groups is 1. The molecular formula is C13H14N2OS. The quantitative estimate of drug-likeness (QED) is 0.641. The molecule has 1 aliphatic heterocycles. The second-order valence-corrected chi connectivity index (χ2v) is 5.07. The van der Waals surface area contributed by atoms with Crippen LogP contribution in [0.25, 0.3) is 0 Å². The molecule has 1 aromatic rings.